The van der Waals surface area contributed by atoms with Crippen molar-refractivity contribution in [1.29, 1.82) is 0 Å². The van der Waals surface area contributed by atoms with Gasteiger partial charge in [0.15, 0.2) is 0 Å². The molecule has 0 fully saturated rings. The molecule has 0 saturated heterocycles. The number of hydrogen-bond acceptors (Lipinski definition) is 5. The number of carbonyl (C=O) groups is 4. The zero-order chi connectivity index (χ0) is 10.6. The van der Waals surface area contributed by atoms with E-state index in [0.717, 1.165) is 0 Å². The fourth-order valence-electron chi connectivity index (χ4n) is 0.712. The summed E-state index contributed by atoms with van der Waals surface area (Å²) >= 11 is 0. The van der Waals surface area contributed by atoms with Crippen molar-refractivity contribution in [2.75, 3.05) is 0 Å². The van der Waals surface area contributed by atoms with Crippen molar-refractivity contribution < 1.29 is 41.6 Å². The number of imide groups is 2. The summed E-state index contributed by atoms with van der Waals surface area (Å²) in [4.78, 5) is 40.1. The Bertz CT molecular complexity index is 307. The molecular formula is C8H9AgN3O4+. The Morgan fingerprint density at radius 3 is 0.875 bits per heavy atom. The molecular weight excluding hydrogens is 310 g/mol. The normalized spacial score (nSPS) is 15.5. The molecule has 0 radical (unpaired) electrons. The topological polar surface area (TPSA) is 127 Å². The Morgan fingerprint density at radius 1 is 0.625 bits per heavy atom. The quantitative estimate of drug-likeness (QED) is 0.372. The van der Waals surface area contributed by atoms with Crippen molar-refractivity contribution in [1.82, 2.24) is 16.8 Å². The van der Waals surface area contributed by atoms with Crippen LogP contribution in [0.5, 0.6) is 0 Å². The van der Waals surface area contributed by atoms with Crippen LogP contribution in [-0.4, -0.2) is 23.6 Å². The average molecular weight is 319 g/mol. The first-order valence-electron chi connectivity index (χ1n) is 3.64. The largest absolute Gasteiger partial charge is 1.00 e. The molecule has 7 nitrogen and oxygen atoms in total. The third kappa shape index (κ3) is 6.04. The zero-order valence-electron chi connectivity index (χ0n) is 7.95. The van der Waals surface area contributed by atoms with E-state index in [1.807, 2.05) is 10.6 Å². The molecule has 2 aliphatic rings. The predicted molar refractivity (Wildman–Crippen MR) is 49.6 cm³/mol. The van der Waals surface area contributed by atoms with E-state index in [2.05, 4.69) is 0 Å². The fraction of sp³-hybridized carbons (Fsp3) is 0. The minimum Gasteiger partial charge on any atom is -0.344 e. The third-order valence-electron chi connectivity index (χ3n) is 1.26. The number of carbonyl (C=O) groups excluding carboxylic acids is 4. The minimum absolute atomic E-state index is 0. The Hall–Kier alpha value is -1.54. The maximum Gasteiger partial charge on any atom is 1.00 e. The van der Waals surface area contributed by atoms with E-state index in [1.165, 1.54) is 24.3 Å². The van der Waals surface area contributed by atoms with E-state index in [4.69, 9.17) is 0 Å². The predicted octanol–water partition coefficient (Wildman–Crippen LogP) is -1.44. The first-order valence-corrected chi connectivity index (χ1v) is 3.64. The summed E-state index contributed by atoms with van der Waals surface area (Å²) in [5, 5.41) is 4.06. The number of amides is 4. The van der Waals surface area contributed by atoms with Crippen LogP contribution in [0, 0.1) is 0 Å². The van der Waals surface area contributed by atoms with Crippen LogP contribution in [0.15, 0.2) is 24.3 Å². The molecule has 90 valence electrons. The van der Waals surface area contributed by atoms with Crippen LogP contribution in [0.3, 0.4) is 0 Å². The summed E-state index contributed by atoms with van der Waals surface area (Å²) < 4.78 is 0. The van der Waals surface area contributed by atoms with Crippen molar-refractivity contribution in [3.8, 4) is 0 Å². The van der Waals surface area contributed by atoms with E-state index >= 15 is 0 Å². The third-order valence-corrected chi connectivity index (χ3v) is 1.26. The molecule has 0 aliphatic carbocycles. The zero-order valence-corrected chi connectivity index (χ0v) is 9.43. The van der Waals surface area contributed by atoms with Gasteiger partial charge in [-0.25, -0.2) is 0 Å². The molecule has 0 saturated carbocycles. The summed E-state index contributed by atoms with van der Waals surface area (Å²) in [6, 6.07) is 0. The van der Waals surface area contributed by atoms with E-state index < -0.39 is 0 Å². The molecule has 4 amide bonds. The molecule has 0 aromatic rings. The van der Waals surface area contributed by atoms with Gasteiger partial charge in [-0.2, -0.15) is 0 Å². The smallest absolute Gasteiger partial charge is 0.344 e. The van der Waals surface area contributed by atoms with Gasteiger partial charge in [-0.05, 0) is 0 Å². The first kappa shape index (κ1) is 16.9. The van der Waals surface area contributed by atoms with E-state index in [-0.39, 0.29) is 52.2 Å². The maximum atomic E-state index is 10.0. The molecule has 5 N–H and O–H groups in total. The van der Waals surface area contributed by atoms with E-state index in [1.54, 1.807) is 0 Å². The Kier molecular flexibility index (Phi) is 8.13. The van der Waals surface area contributed by atoms with Crippen LogP contribution in [0.1, 0.15) is 0 Å². The molecule has 0 atom stereocenters. The second kappa shape index (κ2) is 7.71. The molecule has 2 aliphatic heterocycles. The molecule has 8 heteroatoms. The van der Waals surface area contributed by atoms with Crippen molar-refractivity contribution in [3.63, 3.8) is 0 Å². The average Bonchev–Trinajstić information content (AvgIpc) is 2.63. The summed E-state index contributed by atoms with van der Waals surface area (Å²) in [5.74, 6) is -1.31. The molecule has 0 unspecified atom stereocenters. The standard InChI is InChI=1S/2C4H3NO2.Ag.H3N/c2*6-3-1-2-4(7)5-3;;/h2*1-2H,(H,5,6,7);;1H3/q;;+1;. The minimum atomic E-state index is -0.329. The van der Waals surface area contributed by atoms with Gasteiger partial charge < -0.3 is 6.15 Å². The summed E-state index contributed by atoms with van der Waals surface area (Å²) in [6.07, 6.45) is 4.79. The van der Waals surface area contributed by atoms with Crippen molar-refractivity contribution >= 4 is 23.6 Å². The van der Waals surface area contributed by atoms with Gasteiger partial charge >= 0.3 is 22.4 Å². The van der Waals surface area contributed by atoms with E-state index in [0.29, 0.717) is 0 Å². The second-order valence-corrected chi connectivity index (χ2v) is 2.37. The summed E-state index contributed by atoms with van der Waals surface area (Å²) in [5.41, 5.74) is 0. The summed E-state index contributed by atoms with van der Waals surface area (Å²) in [7, 11) is 0. The molecule has 16 heavy (non-hydrogen) atoms. The molecule has 0 aromatic heterocycles. The van der Waals surface area contributed by atoms with Gasteiger partial charge in [0.1, 0.15) is 0 Å². The number of hydrogen-bond donors (Lipinski definition) is 3. The summed E-state index contributed by atoms with van der Waals surface area (Å²) in [6.45, 7) is 0. The molecule has 0 aromatic carbocycles. The van der Waals surface area contributed by atoms with Crippen molar-refractivity contribution in [3.05, 3.63) is 24.3 Å². The van der Waals surface area contributed by atoms with Crippen LogP contribution in [0.2, 0.25) is 0 Å². The SMILES string of the molecule is N.O=C1C=CC(=O)N1.O=C1C=CC(=O)N1.[Ag+]. The fourth-order valence-corrected chi connectivity index (χ4v) is 0.712. The van der Waals surface area contributed by atoms with Crippen molar-refractivity contribution in [2.45, 2.75) is 0 Å². The number of nitrogens with one attached hydrogen (secondary N) is 2. The molecule has 2 rings (SSSR count). The molecule has 0 spiro atoms. The van der Waals surface area contributed by atoms with Gasteiger partial charge in [0.25, 0.3) is 23.6 Å². The van der Waals surface area contributed by atoms with Crippen LogP contribution in [0.25, 0.3) is 0 Å². The molecule has 0 bridgehead atoms. The van der Waals surface area contributed by atoms with E-state index in [9.17, 15) is 19.2 Å². The van der Waals surface area contributed by atoms with Gasteiger partial charge in [0.2, 0.25) is 0 Å². The maximum absolute atomic E-state index is 10.0. The first-order chi connectivity index (χ1) is 6.58. The van der Waals surface area contributed by atoms with Gasteiger partial charge in [-0.3, -0.25) is 29.8 Å². The van der Waals surface area contributed by atoms with Gasteiger partial charge in [-0.15, -0.1) is 0 Å². The monoisotopic (exact) mass is 318 g/mol. The van der Waals surface area contributed by atoms with Gasteiger partial charge in [0.05, 0.1) is 0 Å². The Labute approximate surface area is 106 Å². The van der Waals surface area contributed by atoms with Gasteiger partial charge in [0, 0.05) is 24.3 Å². The van der Waals surface area contributed by atoms with Crippen LogP contribution in [-0.2, 0) is 41.6 Å². The van der Waals surface area contributed by atoms with Crippen molar-refractivity contribution in [2.24, 2.45) is 0 Å². The van der Waals surface area contributed by atoms with Gasteiger partial charge in [-0.1, -0.05) is 0 Å². The molecule has 2 heterocycles. The van der Waals surface area contributed by atoms with Crippen LogP contribution < -0.4 is 16.8 Å². The Balaban J connectivity index is 0. The number of rotatable bonds is 0. The van der Waals surface area contributed by atoms with Crippen LogP contribution in [0.4, 0.5) is 0 Å². The second-order valence-electron chi connectivity index (χ2n) is 2.37. The van der Waals surface area contributed by atoms with Crippen LogP contribution >= 0.6 is 0 Å². The Morgan fingerprint density at radius 2 is 0.812 bits per heavy atom.